The van der Waals surface area contributed by atoms with Crippen LogP contribution in [-0.2, 0) is 17.1 Å². The highest BCUT2D eigenvalue weighted by Crippen LogP contribution is 2.37. The first-order chi connectivity index (χ1) is 22.2. The second kappa shape index (κ2) is 14.5. The predicted octanol–water partition coefficient (Wildman–Crippen LogP) is 7.21. The lowest BCUT2D eigenvalue weighted by atomic mass is 10.2. The van der Waals surface area contributed by atoms with Gasteiger partial charge in [0.25, 0.3) is 5.91 Å². The number of carbonyl (C=O) groups excluding carboxylic acids is 1. The van der Waals surface area contributed by atoms with Gasteiger partial charge in [0.1, 0.15) is 5.00 Å². The molecule has 18 heteroatoms. The maximum absolute atomic E-state index is 13.4. The number of nitrogens with one attached hydrogen (secondary N) is 1. The van der Waals surface area contributed by atoms with Crippen LogP contribution in [0.25, 0.3) is 22.9 Å². The Kier molecular flexibility index (Phi) is 10.7. The number of hydrogen-bond acceptors (Lipinski definition) is 10. The Balaban J connectivity index is 0.000000238. The van der Waals surface area contributed by atoms with E-state index in [-0.39, 0.29) is 22.3 Å². The van der Waals surface area contributed by atoms with Crippen molar-refractivity contribution < 1.29 is 54.6 Å². The number of aromatic nitrogens is 3. The number of likely N-dealkylation sites (N-methyl/N-ethyl adjacent to an activating group) is 1. The third-order valence-electron chi connectivity index (χ3n) is 5.92. The van der Waals surface area contributed by atoms with Gasteiger partial charge < -0.3 is 28.9 Å². The molecule has 0 atom stereocenters. The summed E-state index contributed by atoms with van der Waals surface area (Å²) in [5.74, 6) is -6.52. The Morgan fingerprint density at radius 3 is 1.81 bits per heavy atom. The van der Waals surface area contributed by atoms with Gasteiger partial charge in [0.15, 0.2) is 16.5 Å². The van der Waals surface area contributed by atoms with Gasteiger partial charge in [-0.3, -0.25) is 4.79 Å². The van der Waals surface area contributed by atoms with Crippen LogP contribution in [0.5, 0.6) is 0 Å². The molecule has 2 aromatic carbocycles. The fourth-order valence-electron chi connectivity index (χ4n) is 3.73. The molecular weight excluding hydrogens is 660 g/mol. The van der Waals surface area contributed by atoms with Crippen LogP contribution >= 0.6 is 11.3 Å². The zero-order chi connectivity index (χ0) is 34.4. The molecule has 248 valence electrons. The van der Waals surface area contributed by atoms with Crippen molar-refractivity contribution in [1.82, 2.24) is 15.0 Å². The zero-order valence-corrected chi connectivity index (χ0v) is 25.0. The van der Waals surface area contributed by atoms with E-state index >= 15 is 0 Å². The average molecular weight is 684 g/mol. The van der Waals surface area contributed by atoms with Gasteiger partial charge in [-0.25, -0.2) is 19.7 Å². The predicted molar refractivity (Wildman–Crippen MR) is 156 cm³/mol. The first kappa shape index (κ1) is 34.6. The number of benzene rings is 2. The number of thiazole rings is 1. The van der Waals surface area contributed by atoms with Gasteiger partial charge in [0.05, 0.1) is 12.8 Å². The topological polar surface area (TPSA) is 144 Å². The van der Waals surface area contributed by atoms with Crippen LogP contribution in [0.4, 0.5) is 36.5 Å². The summed E-state index contributed by atoms with van der Waals surface area (Å²) < 4.78 is 92.1. The Morgan fingerprint density at radius 1 is 0.872 bits per heavy atom. The summed E-state index contributed by atoms with van der Waals surface area (Å²) in [4.78, 5) is 36.3. The molecular formula is C29H23F6N5O6S. The number of carboxylic acid groups (broad SMARTS) is 1. The number of rotatable bonds is 9. The minimum Gasteiger partial charge on any atom is -0.476 e. The first-order valence-electron chi connectivity index (χ1n) is 13.2. The molecule has 0 bridgehead atoms. The molecule has 3 aromatic heterocycles. The largest absolute Gasteiger partial charge is 0.476 e. The molecule has 0 aliphatic heterocycles. The number of amides is 1. The lowest BCUT2D eigenvalue weighted by molar-refractivity contribution is -0.153. The third kappa shape index (κ3) is 8.73. The molecule has 0 unspecified atom stereocenters. The molecule has 0 spiro atoms. The van der Waals surface area contributed by atoms with Crippen LogP contribution in [-0.4, -0.2) is 59.2 Å². The van der Waals surface area contributed by atoms with Crippen molar-refractivity contribution in [2.24, 2.45) is 0 Å². The summed E-state index contributed by atoms with van der Waals surface area (Å²) in [6.45, 7) is 1.05. The Bertz CT molecular complexity index is 1810. The molecule has 0 aliphatic rings. The van der Waals surface area contributed by atoms with Gasteiger partial charge in [-0.2, -0.15) is 26.3 Å². The highest BCUT2D eigenvalue weighted by Gasteiger charge is 2.43. The van der Waals surface area contributed by atoms with E-state index in [0.717, 1.165) is 11.3 Å². The molecule has 5 rings (SSSR count). The minimum atomic E-state index is -4.90. The molecule has 0 fully saturated rings. The lowest BCUT2D eigenvalue weighted by Gasteiger charge is -2.14. The van der Waals surface area contributed by atoms with E-state index in [2.05, 4.69) is 24.7 Å². The van der Waals surface area contributed by atoms with Crippen LogP contribution in [0, 0.1) is 0 Å². The van der Waals surface area contributed by atoms with Crippen molar-refractivity contribution in [1.29, 1.82) is 0 Å². The summed E-state index contributed by atoms with van der Waals surface area (Å²) in [5.41, 5.74) is -1.37. The van der Waals surface area contributed by atoms with E-state index in [1.54, 1.807) is 67.6 Å². The molecule has 0 aliphatic carbocycles. The number of aromatic carboxylic acids is 1. The normalized spacial score (nSPS) is 11.5. The SMILES string of the molecule is COCCN(C)c1ncc(NC(=O)c2nc(-c3ccccc3)oc2C(F)(F)F)s1.O=C(O)c1nc(-c2ccccc2)oc1C(F)(F)F. The Labute approximate surface area is 265 Å². The van der Waals surface area contributed by atoms with Crippen molar-refractivity contribution in [2.75, 3.05) is 37.5 Å². The number of methoxy groups -OCH3 is 1. The molecule has 3 heterocycles. The molecule has 47 heavy (non-hydrogen) atoms. The van der Waals surface area contributed by atoms with Crippen LogP contribution in [0.1, 0.15) is 32.5 Å². The van der Waals surface area contributed by atoms with E-state index in [1.807, 2.05) is 0 Å². The van der Waals surface area contributed by atoms with E-state index in [9.17, 15) is 35.9 Å². The lowest BCUT2D eigenvalue weighted by Crippen LogP contribution is -2.21. The molecule has 5 aromatic rings. The average Bonchev–Trinajstić information content (AvgIpc) is 3.80. The fourth-order valence-corrected chi connectivity index (χ4v) is 4.52. The van der Waals surface area contributed by atoms with Crippen molar-refractivity contribution in [2.45, 2.75) is 12.4 Å². The van der Waals surface area contributed by atoms with Crippen LogP contribution in [0.3, 0.4) is 0 Å². The van der Waals surface area contributed by atoms with Crippen molar-refractivity contribution in [3.05, 3.63) is 89.8 Å². The van der Waals surface area contributed by atoms with Gasteiger partial charge in [0.2, 0.25) is 23.3 Å². The number of anilines is 2. The summed E-state index contributed by atoms with van der Waals surface area (Å²) in [6, 6.07) is 15.8. The summed E-state index contributed by atoms with van der Waals surface area (Å²) >= 11 is 1.12. The molecule has 0 saturated carbocycles. The number of oxazole rings is 2. The number of halogens is 6. The molecule has 2 N–H and O–H groups in total. The first-order valence-corrected chi connectivity index (χ1v) is 14.0. The van der Waals surface area contributed by atoms with Crippen molar-refractivity contribution in [3.8, 4) is 22.9 Å². The van der Waals surface area contributed by atoms with E-state index < -0.39 is 47.1 Å². The Morgan fingerprint density at radius 2 is 1.36 bits per heavy atom. The van der Waals surface area contributed by atoms with Gasteiger partial charge in [-0.15, -0.1) is 0 Å². The molecule has 1 amide bonds. The fraction of sp³-hybridized carbons (Fsp3) is 0.207. The maximum atomic E-state index is 13.4. The number of carbonyl (C=O) groups is 2. The highest BCUT2D eigenvalue weighted by atomic mass is 32.1. The van der Waals surface area contributed by atoms with Gasteiger partial charge in [0, 0.05) is 31.8 Å². The molecule has 0 saturated heterocycles. The summed E-state index contributed by atoms with van der Waals surface area (Å²) in [7, 11) is 3.36. The Hall–Kier alpha value is -5.23. The number of alkyl halides is 6. The number of carboxylic acids is 1. The number of nitrogens with zero attached hydrogens (tertiary/aromatic N) is 4. The van der Waals surface area contributed by atoms with Crippen molar-refractivity contribution in [3.63, 3.8) is 0 Å². The molecule has 0 radical (unpaired) electrons. The minimum absolute atomic E-state index is 0.274. The van der Waals surface area contributed by atoms with Crippen LogP contribution < -0.4 is 10.2 Å². The van der Waals surface area contributed by atoms with Gasteiger partial charge in [-0.05, 0) is 24.3 Å². The van der Waals surface area contributed by atoms with Crippen LogP contribution in [0.15, 0.2) is 75.7 Å². The smallest absolute Gasteiger partial charge is 0.452 e. The zero-order valence-electron chi connectivity index (χ0n) is 24.2. The molecule has 11 nitrogen and oxygen atoms in total. The quantitative estimate of drug-likeness (QED) is 0.153. The number of ether oxygens (including phenoxy) is 1. The second-order valence-corrected chi connectivity index (χ2v) is 10.3. The standard InChI is InChI=1S/C18H17F3N4O3S.C11H6F3NO3/c1-25(8-9-27-2)17-22-10-12(29-17)23-15(26)13-14(18(19,20)21)28-16(24-13)11-6-4-3-5-7-11;12-11(13,14)8-7(10(16)17)15-9(18-8)6-4-2-1-3-5-6/h3-7,10H,8-9H2,1-2H3,(H,23,26);1-5H,(H,16,17). The van der Waals surface area contributed by atoms with Crippen molar-refractivity contribution >= 4 is 33.3 Å². The maximum Gasteiger partial charge on any atom is 0.452 e. The summed E-state index contributed by atoms with van der Waals surface area (Å²) in [6.07, 6.45) is -8.40. The van der Waals surface area contributed by atoms with Crippen LogP contribution in [0.2, 0.25) is 0 Å². The van der Waals surface area contributed by atoms with E-state index in [1.165, 1.54) is 18.3 Å². The van der Waals surface area contributed by atoms with E-state index in [4.69, 9.17) is 14.3 Å². The number of hydrogen-bond donors (Lipinski definition) is 2. The van der Waals surface area contributed by atoms with Gasteiger partial charge >= 0.3 is 18.3 Å². The van der Waals surface area contributed by atoms with Gasteiger partial charge in [-0.1, -0.05) is 47.7 Å². The summed E-state index contributed by atoms with van der Waals surface area (Å²) in [5, 5.41) is 11.9. The highest BCUT2D eigenvalue weighted by molar-refractivity contribution is 7.19. The third-order valence-corrected chi connectivity index (χ3v) is 6.94. The van der Waals surface area contributed by atoms with E-state index in [0.29, 0.717) is 23.8 Å². The monoisotopic (exact) mass is 683 g/mol. The second-order valence-electron chi connectivity index (χ2n) is 9.30.